The lowest BCUT2D eigenvalue weighted by Gasteiger charge is -2.06. The predicted molar refractivity (Wildman–Crippen MR) is 76.8 cm³/mol. The van der Waals surface area contributed by atoms with Crippen molar-refractivity contribution in [1.29, 1.82) is 0 Å². The van der Waals surface area contributed by atoms with Crippen molar-refractivity contribution < 1.29 is 4.79 Å². The highest BCUT2D eigenvalue weighted by atomic mass is 16.1. The molecule has 0 unspecified atom stereocenters. The fraction of sp³-hybridized carbons (Fsp3) is 0.357. The zero-order chi connectivity index (χ0) is 14.5. The maximum absolute atomic E-state index is 11.8. The second kappa shape index (κ2) is 6.29. The molecule has 3 N–H and O–H groups in total. The fourth-order valence-electron chi connectivity index (χ4n) is 1.91. The summed E-state index contributed by atoms with van der Waals surface area (Å²) in [5.74, 6) is 0.569. The molecule has 0 bridgehead atoms. The zero-order valence-electron chi connectivity index (χ0n) is 11.8. The molecule has 0 saturated heterocycles. The van der Waals surface area contributed by atoms with E-state index in [4.69, 9.17) is 5.73 Å². The van der Waals surface area contributed by atoms with E-state index >= 15 is 0 Å². The van der Waals surface area contributed by atoms with E-state index in [0.717, 1.165) is 17.8 Å². The van der Waals surface area contributed by atoms with Crippen molar-refractivity contribution in [1.82, 2.24) is 20.1 Å². The summed E-state index contributed by atoms with van der Waals surface area (Å²) in [5, 5.41) is 7.15. The van der Waals surface area contributed by atoms with Crippen LogP contribution in [0.25, 0.3) is 5.82 Å². The van der Waals surface area contributed by atoms with Crippen LogP contribution in [-0.2, 0) is 0 Å². The number of hydrogen-bond donors (Lipinski definition) is 2. The Morgan fingerprint density at radius 1 is 1.40 bits per heavy atom. The van der Waals surface area contributed by atoms with E-state index in [1.54, 1.807) is 23.0 Å². The molecule has 2 aromatic heterocycles. The van der Waals surface area contributed by atoms with Crippen molar-refractivity contribution >= 4 is 5.91 Å². The Balaban J connectivity index is 2.10. The Morgan fingerprint density at radius 3 is 2.75 bits per heavy atom. The lowest BCUT2D eigenvalue weighted by molar-refractivity contribution is 0.0953. The van der Waals surface area contributed by atoms with Crippen LogP contribution >= 0.6 is 0 Å². The lowest BCUT2D eigenvalue weighted by Crippen LogP contribution is -2.26. The predicted octanol–water partition coefficient (Wildman–Crippen LogP) is 0.963. The molecule has 2 aromatic rings. The molecule has 0 atom stereocenters. The monoisotopic (exact) mass is 273 g/mol. The number of rotatable bonds is 5. The van der Waals surface area contributed by atoms with Crippen LogP contribution in [0.2, 0.25) is 0 Å². The van der Waals surface area contributed by atoms with Crippen molar-refractivity contribution in [3.8, 4) is 5.82 Å². The summed E-state index contributed by atoms with van der Waals surface area (Å²) < 4.78 is 1.76. The molecule has 1 amide bonds. The lowest BCUT2D eigenvalue weighted by atomic mass is 10.2. The van der Waals surface area contributed by atoms with Crippen LogP contribution in [0.5, 0.6) is 0 Å². The first kappa shape index (κ1) is 14.2. The summed E-state index contributed by atoms with van der Waals surface area (Å²) in [6, 6.07) is 5.52. The highest BCUT2D eigenvalue weighted by Gasteiger charge is 2.08. The largest absolute Gasteiger partial charge is 0.352 e. The smallest absolute Gasteiger partial charge is 0.252 e. The van der Waals surface area contributed by atoms with Crippen molar-refractivity contribution in [3.05, 3.63) is 41.3 Å². The number of nitrogens with one attached hydrogen (secondary N) is 1. The van der Waals surface area contributed by atoms with E-state index in [1.165, 1.54) is 0 Å². The normalized spacial score (nSPS) is 10.6. The van der Waals surface area contributed by atoms with Gasteiger partial charge in [0.2, 0.25) is 0 Å². The van der Waals surface area contributed by atoms with E-state index in [-0.39, 0.29) is 5.91 Å². The zero-order valence-corrected chi connectivity index (χ0v) is 11.8. The van der Waals surface area contributed by atoms with Gasteiger partial charge in [0.05, 0.1) is 11.3 Å². The van der Waals surface area contributed by atoms with Gasteiger partial charge in [0.25, 0.3) is 5.91 Å². The molecule has 0 radical (unpaired) electrons. The third kappa shape index (κ3) is 3.21. The van der Waals surface area contributed by atoms with Gasteiger partial charge >= 0.3 is 0 Å². The number of pyridine rings is 1. The SMILES string of the molecule is Cc1cc(C)n(-c2ccc(C(=O)NCCCN)cn2)n1. The summed E-state index contributed by atoms with van der Waals surface area (Å²) >= 11 is 0. The fourth-order valence-corrected chi connectivity index (χ4v) is 1.91. The number of nitrogens with two attached hydrogens (primary N) is 1. The van der Waals surface area contributed by atoms with Crippen molar-refractivity contribution in [2.75, 3.05) is 13.1 Å². The van der Waals surface area contributed by atoms with E-state index in [2.05, 4.69) is 15.4 Å². The molecule has 2 heterocycles. The molecule has 0 aliphatic carbocycles. The molecule has 0 aliphatic heterocycles. The number of carbonyl (C=O) groups excluding carboxylic acids is 1. The van der Waals surface area contributed by atoms with E-state index in [1.807, 2.05) is 19.9 Å². The summed E-state index contributed by atoms with van der Waals surface area (Å²) in [6.45, 7) is 5.04. The first-order valence-electron chi connectivity index (χ1n) is 6.60. The minimum absolute atomic E-state index is 0.133. The van der Waals surface area contributed by atoms with Crippen LogP contribution < -0.4 is 11.1 Å². The van der Waals surface area contributed by atoms with Crippen LogP contribution in [0.4, 0.5) is 0 Å². The van der Waals surface area contributed by atoms with Gasteiger partial charge < -0.3 is 11.1 Å². The Bertz CT molecular complexity index is 588. The number of carbonyl (C=O) groups is 1. The second-order valence-corrected chi connectivity index (χ2v) is 4.64. The maximum atomic E-state index is 11.8. The summed E-state index contributed by atoms with van der Waals surface area (Å²) in [7, 11) is 0. The Kier molecular flexibility index (Phi) is 4.47. The van der Waals surface area contributed by atoms with Gasteiger partial charge in [0, 0.05) is 18.4 Å². The minimum atomic E-state index is -0.133. The quantitative estimate of drug-likeness (QED) is 0.795. The third-order valence-electron chi connectivity index (χ3n) is 2.90. The van der Waals surface area contributed by atoms with Gasteiger partial charge in [-0.15, -0.1) is 0 Å². The van der Waals surface area contributed by atoms with Crippen LogP contribution in [0.1, 0.15) is 28.2 Å². The molecule has 0 aliphatic rings. The van der Waals surface area contributed by atoms with Gasteiger partial charge in [-0.25, -0.2) is 9.67 Å². The minimum Gasteiger partial charge on any atom is -0.352 e. The number of aryl methyl sites for hydroxylation is 2. The van der Waals surface area contributed by atoms with Crippen molar-refractivity contribution in [2.24, 2.45) is 5.73 Å². The van der Waals surface area contributed by atoms with Crippen molar-refractivity contribution in [2.45, 2.75) is 20.3 Å². The Hall–Kier alpha value is -2.21. The average Bonchev–Trinajstić information content (AvgIpc) is 2.78. The first-order chi connectivity index (χ1) is 9.61. The summed E-state index contributed by atoms with van der Waals surface area (Å²) in [4.78, 5) is 16.1. The molecule has 0 fully saturated rings. The van der Waals surface area contributed by atoms with Gasteiger partial charge in [0.15, 0.2) is 5.82 Å². The number of nitrogens with zero attached hydrogens (tertiary/aromatic N) is 3. The molecule has 0 aromatic carbocycles. The molecule has 0 spiro atoms. The van der Waals surface area contributed by atoms with E-state index in [0.29, 0.717) is 24.5 Å². The highest BCUT2D eigenvalue weighted by Crippen LogP contribution is 2.10. The molecule has 20 heavy (non-hydrogen) atoms. The molecular formula is C14H19N5O. The van der Waals surface area contributed by atoms with Gasteiger partial charge in [-0.05, 0) is 45.0 Å². The molecular weight excluding hydrogens is 254 g/mol. The van der Waals surface area contributed by atoms with Gasteiger partial charge in [0.1, 0.15) is 0 Å². The summed E-state index contributed by atoms with van der Waals surface area (Å²) in [6.07, 6.45) is 2.33. The number of aromatic nitrogens is 3. The first-order valence-corrected chi connectivity index (χ1v) is 6.60. The molecule has 0 saturated carbocycles. The van der Waals surface area contributed by atoms with Crippen LogP contribution in [0.15, 0.2) is 24.4 Å². The van der Waals surface area contributed by atoms with Crippen LogP contribution in [0.3, 0.4) is 0 Å². The topological polar surface area (TPSA) is 85.8 Å². The Morgan fingerprint density at radius 2 is 2.20 bits per heavy atom. The Labute approximate surface area is 118 Å². The van der Waals surface area contributed by atoms with Gasteiger partial charge in [-0.3, -0.25) is 4.79 Å². The number of amides is 1. The molecule has 6 nitrogen and oxygen atoms in total. The number of hydrogen-bond acceptors (Lipinski definition) is 4. The average molecular weight is 273 g/mol. The van der Waals surface area contributed by atoms with E-state index < -0.39 is 0 Å². The third-order valence-corrected chi connectivity index (χ3v) is 2.90. The van der Waals surface area contributed by atoms with Gasteiger partial charge in [-0.2, -0.15) is 5.10 Å². The van der Waals surface area contributed by atoms with E-state index in [9.17, 15) is 4.79 Å². The highest BCUT2D eigenvalue weighted by molar-refractivity contribution is 5.93. The van der Waals surface area contributed by atoms with Crippen LogP contribution in [-0.4, -0.2) is 33.8 Å². The maximum Gasteiger partial charge on any atom is 0.252 e. The molecule has 2 rings (SSSR count). The second-order valence-electron chi connectivity index (χ2n) is 4.64. The van der Waals surface area contributed by atoms with Crippen molar-refractivity contribution in [3.63, 3.8) is 0 Å². The standard InChI is InChI=1S/C14H19N5O/c1-10-8-11(2)19(18-10)13-5-4-12(9-17-13)14(20)16-7-3-6-15/h4-5,8-9H,3,6-7,15H2,1-2H3,(H,16,20). The van der Waals surface area contributed by atoms with Gasteiger partial charge in [-0.1, -0.05) is 0 Å². The summed E-state index contributed by atoms with van der Waals surface area (Å²) in [5.41, 5.74) is 7.86. The molecule has 6 heteroatoms. The molecule has 106 valence electrons. The van der Waals surface area contributed by atoms with Crippen LogP contribution in [0, 0.1) is 13.8 Å².